The average Bonchev–Trinajstić information content (AvgIpc) is 3.52. The van der Waals surface area contributed by atoms with Crippen molar-refractivity contribution in [2.45, 2.75) is 45.1 Å². The first-order chi connectivity index (χ1) is 19.0. The molecule has 6 nitrogen and oxygen atoms in total. The molecule has 202 valence electrons. The summed E-state index contributed by atoms with van der Waals surface area (Å²) in [5.74, 6) is 6.30. The first-order valence-electron chi connectivity index (χ1n) is 13.8. The maximum absolute atomic E-state index is 10.4. The highest BCUT2D eigenvalue weighted by Gasteiger charge is 2.45. The number of benzene rings is 3. The minimum atomic E-state index is -0.666. The fourth-order valence-corrected chi connectivity index (χ4v) is 5.40. The van der Waals surface area contributed by atoms with E-state index in [2.05, 4.69) is 77.7 Å². The molecule has 5 rings (SSSR count). The molecule has 2 heterocycles. The number of nitrogens with two attached hydrogens (primary N) is 1. The quantitative estimate of drug-likeness (QED) is 0.200. The van der Waals surface area contributed by atoms with E-state index in [0.29, 0.717) is 6.54 Å². The number of nitrogens with zero attached hydrogens (tertiary/aromatic N) is 1. The molecule has 39 heavy (non-hydrogen) atoms. The smallest absolute Gasteiger partial charge is 0.112 e. The fourth-order valence-electron chi connectivity index (χ4n) is 5.40. The predicted octanol–water partition coefficient (Wildman–Crippen LogP) is 3.16. The standard InChI is InChI=1S/C33H37N3O3/c1-23-7-9-25(10-8-23)11-12-26-13-15-27(16-14-26)21-36-32(30(22-37)33(39-36)24(2)38)20-34-18-17-28-19-35-31-6-4-3-5-29(28)31/h3-10,13-16,19,24,30,32-35,37-38H,17-18,20-22H2,1-2H3/p+1/t24-,30-,32+,33-/m1/s1. The second kappa shape index (κ2) is 12.6. The van der Waals surface area contributed by atoms with Gasteiger partial charge in [0.1, 0.15) is 6.10 Å². The van der Waals surface area contributed by atoms with Gasteiger partial charge in [0.25, 0.3) is 0 Å². The van der Waals surface area contributed by atoms with Gasteiger partial charge >= 0.3 is 0 Å². The van der Waals surface area contributed by atoms with Gasteiger partial charge in [-0.15, -0.1) is 0 Å². The topological polar surface area (TPSA) is 85.3 Å². The van der Waals surface area contributed by atoms with Crippen LogP contribution in [0, 0.1) is 24.7 Å². The molecule has 0 bridgehead atoms. The molecule has 0 radical (unpaired) electrons. The Kier molecular flexibility index (Phi) is 8.77. The SMILES string of the molecule is Cc1ccc(C#Cc2ccc(CN3O[C@H]([C@@H](C)O)[C@H](CO)[C@@H]3C[NH2+]CCc3c[nH]c4ccccc34)cc2)cc1. The highest BCUT2D eigenvalue weighted by Crippen LogP contribution is 2.30. The van der Waals surface area contributed by atoms with Gasteiger partial charge < -0.3 is 20.5 Å². The Morgan fingerprint density at radius 2 is 1.69 bits per heavy atom. The predicted molar refractivity (Wildman–Crippen MR) is 154 cm³/mol. The number of rotatable bonds is 9. The Morgan fingerprint density at radius 3 is 2.38 bits per heavy atom. The molecule has 1 aliphatic rings. The number of quaternary nitrogens is 1. The number of hydroxylamine groups is 2. The summed E-state index contributed by atoms with van der Waals surface area (Å²) in [7, 11) is 0. The van der Waals surface area contributed by atoms with Gasteiger partial charge in [-0.1, -0.05) is 59.9 Å². The number of fused-ring (bicyclic) bond motifs is 1. The van der Waals surface area contributed by atoms with Gasteiger partial charge in [-0.05, 0) is 55.3 Å². The second-order valence-electron chi connectivity index (χ2n) is 10.5. The van der Waals surface area contributed by atoms with Crippen molar-refractivity contribution >= 4 is 10.9 Å². The Balaban J connectivity index is 1.22. The van der Waals surface area contributed by atoms with Crippen LogP contribution in [0.4, 0.5) is 0 Å². The normalized spacial score (nSPS) is 20.2. The van der Waals surface area contributed by atoms with Gasteiger partial charge in [-0.25, -0.2) is 0 Å². The van der Waals surface area contributed by atoms with Crippen LogP contribution in [-0.2, 0) is 17.8 Å². The second-order valence-corrected chi connectivity index (χ2v) is 10.5. The maximum atomic E-state index is 10.4. The number of aromatic amines is 1. The van der Waals surface area contributed by atoms with E-state index in [0.717, 1.165) is 41.7 Å². The van der Waals surface area contributed by atoms with Crippen LogP contribution in [0.3, 0.4) is 0 Å². The van der Waals surface area contributed by atoms with E-state index in [1.807, 2.05) is 35.4 Å². The first kappa shape index (κ1) is 27.1. The van der Waals surface area contributed by atoms with Crippen molar-refractivity contribution in [3.8, 4) is 11.8 Å². The minimum absolute atomic E-state index is 0.0152. The van der Waals surface area contributed by atoms with Crippen LogP contribution in [0.2, 0.25) is 0 Å². The molecule has 0 unspecified atom stereocenters. The molecule has 1 aliphatic heterocycles. The van der Waals surface area contributed by atoms with Crippen molar-refractivity contribution in [3.63, 3.8) is 0 Å². The largest absolute Gasteiger partial charge is 0.396 e. The van der Waals surface area contributed by atoms with Crippen molar-refractivity contribution in [2.24, 2.45) is 5.92 Å². The highest BCUT2D eigenvalue weighted by molar-refractivity contribution is 5.83. The molecule has 0 spiro atoms. The zero-order valence-electron chi connectivity index (χ0n) is 22.7. The van der Waals surface area contributed by atoms with E-state index < -0.39 is 12.2 Å². The van der Waals surface area contributed by atoms with E-state index in [-0.39, 0.29) is 18.6 Å². The number of aromatic nitrogens is 1. The van der Waals surface area contributed by atoms with Crippen molar-refractivity contribution < 1.29 is 20.4 Å². The zero-order chi connectivity index (χ0) is 27.2. The van der Waals surface area contributed by atoms with Gasteiger partial charge in [0.2, 0.25) is 0 Å². The monoisotopic (exact) mass is 524 g/mol. The molecule has 1 aromatic heterocycles. The molecule has 1 saturated heterocycles. The van der Waals surface area contributed by atoms with Crippen LogP contribution in [0.25, 0.3) is 10.9 Å². The molecule has 3 aromatic carbocycles. The summed E-state index contributed by atoms with van der Waals surface area (Å²) in [6.45, 7) is 6.05. The summed E-state index contributed by atoms with van der Waals surface area (Å²) in [5, 5.41) is 26.1. The molecule has 6 heteroatoms. The summed E-state index contributed by atoms with van der Waals surface area (Å²) in [6.07, 6.45) is 1.95. The summed E-state index contributed by atoms with van der Waals surface area (Å²) in [6, 6.07) is 24.8. The average molecular weight is 525 g/mol. The number of hydrogen-bond donors (Lipinski definition) is 4. The van der Waals surface area contributed by atoms with E-state index in [1.54, 1.807) is 6.92 Å². The summed E-state index contributed by atoms with van der Waals surface area (Å²) < 4.78 is 0. The Hall–Kier alpha value is -3.44. The molecule has 1 fully saturated rings. The Bertz CT molecular complexity index is 1420. The third kappa shape index (κ3) is 6.59. The maximum Gasteiger partial charge on any atom is 0.112 e. The van der Waals surface area contributed by atoms with Gasteiger partial charge in [0.05, 0.1) is 31.8 Å². The number of aliphatic hydroxyl groups excluding tert-OH is 2. The molecule has 0 aliphatic carbocycles. The molecular weight excluding hydrogens is 486 g/mol. The van der Waals surface area contributed by atoms with Crippen LogP contribution in [0.1, 0.15) is 34.7 Å². The van der Waals surface area contributed by atoms with Gasteiger partial charge in [0.15, 0.2) is 0 Å². The fraction of sp³-hybridized carbons (Fsp3) is 0.333. The Labute approximate surface area is 230 Å². The van der Waals surface area contributed by atoms with Gasteiger partial charge in [-0.2, -0.15) is 5.06 Å². The molecule has 5 N–H and O–H groups in total. The number of H-pyrrole nitrogens is 1. The van der Waals surface area contributed by atoms with E-state index in [4.69, 9.17) is 4.84 Å². The van der Waals surface area contributed by atoms with Crippen molar-refractivity contribution in [3.05, 3.63) is 107 Å². The van der Waals surface area contributed by atoms with E-state index in [9.17, 15) is 10.2 Å². The van der Waals surface area contributed by atoms with E-state index >= 15 is 0 Å². The van der Waals surface area contributed by atoms with Gasteiger partial charge in [0, 0.05) is 47.1 Å². The zero-order valence-corrected chi connectivity index (χ0v) is 22.7. The van der Waals surface area contributed by atoms with Crippen LogP contribution >= 0.6 is 0 Å². The number of hydrogen-bond acceptors (Lipinski definition) is 4. The molecule has 0 saturated carbocycles. The number of nitrogens with one attached hydrogen (secondary N) is 1. The third-order valence-corrected chi connectivity index (χ3v) is 7.63. The molecule has 4 aromatic rings. The van der Waals surface area contributed by atoms with Crippen molar-refractivity contribution in [1.29, 1.82) is 0 Å². The lowest BCUT2D eigenvalue weighted by atomic mass is 9.92. The summed E-state index contributed by atoms with van der Waals surface area (Å²) in [5.41, 5.74) is 6.75. The molecule has 4 atom stereocenters. The number of para-hydroxylation sites is 1. The lowest BCUT2D eigenvalue weighted by Gasteiger charge is -2.23. The highest BCUT2D eigenvalue weighted by atomic mass is 16.7. The molecule has 0 amide bonds. The summed E-state index contributed by atoms with van der Waals surface area (Å²) >= 11 is 0. The molecular formula is C33H38N3O3+. The lowest BCUT2D eigenvalue weighted by Crippen LogP contribution is -2.87. The Morgan fingerprint density at radius 1 is 1.00 bits per heavy atom. The first-order valence-corrected chi connectivity index (χ1v) is 13.8. The number of aliphatic hydroxyl groups is 2. The van der Waals surface area contributed by atoms with Crippen molar-refractivity contribution in [1.82, 2.24) is 10.0 Å². The van der Waals surface area contributed by atoms with Crippen LogP contribution in [-0.4, -0.2) is 58.2 Å². The third-order valence-electron chi connectivity index (χ3n) is 7.63. The van der Waals surface area contributed by atoms with Crippen LogP contribution < -0.4 is 5.32 Å². The summed E-state index contributed by atoms with van der Waals surface area (Å²) in [4.78, 5) is 9.57. The van der Waals surface area contributed by atoms with Crippen LogP contribution in [0.15, 0.2) is 79.0 Å². The van der Waals surface area contributed by atoms with Crippen molar-refractivity contribution in [2.75, 3.05) is 19.7 Å². The van der Waals surface area contributed by atoms with Gasteiger partial charge in [-0.3, -0.25) is 4.84 Å². The van der Waals surface area contributed by atoms with Crippen LogP contribution in [0.5, 0.6) is 0 Å². The minimum Gasteiger partial charge on any atom is -0.396 e. The van der Waals surface area contributed by atoms with E-state index in [1.165, 1.54) is 16.5 Å². The number of aryl methyl sites for hydroxylation is 1. The lowest BCUT2D eigenvalue weighted by molar-refractivity contribution is -0.660.